The highest BCUT2D eigenvalue weighted by molar-refractivity contribution is 6.30. The van der Waals surface area contributed by atoms with Gasteiger partial charge in [0, 0.05) is 36.7 Å². The third-order valence-corrected chi connectivity index (χ3v) is 8.38. The van der Waals surface area contributed by atoms with Crippen LogP contribution in [0.1, 0.15) is 30.0 Å². The molecule has 2 saturated heterocycles. The van der Waals surface area contributed by atoms with E-state index < -0.39 is 30.1 Å². The second kappa shape index (κ2) is 13.9. The van der Waals surface area contributed by atoms with Crippen molar-refractivity contribution in [3.8, 4) is 0 Å². The number of hydrogen-bond donors (Lipinski definition) is 1. The number of piperidine rings is 1. The lowest BCUT2D eigenvalue weighted by molar-refractivity contribution is -0.199. The van der Waals surface area contributed by atoms with Gasteiger partial charge in [0.25, 0.3) is 0 Å². The summed E-state index contributed by atoms with van der Waals surface area (Å²) in [5.41, 5.74) is 1.04. The van der Waals surface area contributed by atoms with E-state index in [1.54, 1.807) is 35.2 Å². The maximum atomic E-state index is 14.1. The molecule has 45 heavy (non-hydrogen) atoms. The molecule has 2 aliphatic rings. The van der Waals surface area contributed by atoms with Gasteiger partial charge in [0.15, 0.2) is 0 Å². The van der Waals surface area contributed by atoms with Gasteiger partial charge in [0.1, 0.15) is 6.04 Å². The van der Waals surface area contributed by atoms with Crippen LogP contribution in [0.15, 0.2) is 84.9 Å². The highest BCUT2D eigenvalue weighted by Gasteiger charge is 2.45. The lowest BCUT2D eigenvalue weighted by Crippen LogP contribution is -2.58. The van der Waals surface area contributed by atoms with Gasteiger partial charge in [0.05, 0.1) is 18.9 Å². The molecule has 2 aliphatic heterocycles. The minimum atomic E-state index is -5.38. The summed E-state index contributed by atoms with van der Waals surface area (Å²) >= 11 is 5.91. The van der Waals surface area contributed by atoms with Crippen LogP contribution in [-0.2, 0) is 24.7 Å². The first-order valence-corrected chi connectivity index (χ1v) is 14.8. The molecule has 1 unspecified atom stereocenters. The Hall–Kier alpha value is -4.13. The second-order valence-corrected chi connectivity index (χ2v) is 11.2. The zero-order valence-electron chi connectivity index (χ0n) is 24.2. The van der Waals surface area contributed by atoms with Gasteiger partial charge in [-0.25, -0.2) is 9.59 Å². The number of urea groups is 1. The predicted octanol–water partition coefficient (Wildman–Crippen LogP) is 5.47. The predicted molar refractivity (Wildman–Crippen MR) is 160 cm³/mol. The molecule has 0 spiro atoms. The molecule has 3 amide bonds. The molecule has 3 aromatic carbocycles. The largest absolute Gasteiger partial charge is 0.493 e. The van der Waals surface area contributed by atoms with E-state index in [4.69, 9.17) is 16.3 Å². The molecule has 9 nitrogen and oxygen atoms in total. The van der Waals surface area contributed by atoms with Crippen molar-refractivity contribution in [1.82, 2.24) is 15.1 Å². The summed E-state index contributed by atoms with van der Waals surface area (Å²) in [4.78, 5) is 47.9. The number of likely N-dealkylation sites (tertiary alicyclic amines) is 1. The van der Waals surface area contributed by atoms with E-state index >= 15 is 0 Å². The van der Waals surface area contributed by atoms with E-state index in [0.29, 0.717) is 44.7 Å². The topological polar surface area (TPSA) is 91.4 Å². The first kappa shape index (κ1) is 32.3. The summed E-state index contributed by atoms with van der Waals surface area (Å²) < 4.78 is 45.0. The monoisotopic (exact) mass is 644 g/mol. The molecule has 1 N–H and O–H groups in total. The van der Waals surface area contributed by atoms with Crippen molar-refractivity contribution in [3.63, 3.8) is 0 Å². The Morgan fingerprint density at radius 3 is 2.02 bits per heavy atom. The molecule has 238 valence electrons. The number of rotatable bonds is 6. The number of amides is 3. The minimum Gasteiger partial charge on any atom is -0.379 e. The molecular weight excluding hydrogens is 613 g/mol. The van der Waals surface area contributed by atoms with Gasteiger partial charge < -0.3 is 19.8 Å². The number of anilines is 1. The Morgan fingerprint density at radius 1 is 0.867 bits per heavy atom. The van der Waals surface area contributed by atoms with Crippen LogP contribution in [0.4, 0.5) is 23.7 Å². The third-order valence-electron chi connectivity index (χ3n) is 8.13. The number of alkyl halides is 3. The summed E-state index contributed by atoms with van der Waals surface area (Å²) in [5, 5.41) is 2.92. The van der Waals surface area contributed by atoms with Crippen LogP contribution < -0.4 is 10.4 Å². The van der Waals surface area contributed by atoms with Crippen molar-refractivity contribution in [2.75, 3.05) is 44.5 Å². The smallest absolute Gasteiger partial charge is 0.379 e. The van der Waals surface area contributed by atoms with Crippen molar-refractivity contribution in [2.24, 2.45) is 0 Å². The van der Waals surface area contributed by atoms with Crippen LogP contribution >= 0.6 is 11.6 Å². The molecular formula is C32H32ClF3N4O5. The van der Waals surface area contributed by atoms with Gasteiger partial charge >= 0.3 is 18.2 Å². The molecule has 0 bridgehead atoms. The van der Waals surface area contributed by atoms with Gasteiger partial charge in [0.2, 0.25) is 5.91 Å². The highest BCUT2D eigenvalue weighted by atomic mass is 35.5. The molecule has 2 heterocycles. The van der Waals surface area contributed by atoms with Crippen LogP contribution in [0.5, 0.6) is 0 Å². The Balaban J connectivity index is 1.39. The number of carbonyl (C=O) groups is 3. The fourth-order valence-corrected chi connectivity index (χ4v) is 5.97. The van der Waals surface area contributed by atoms with E-state index in [-0.39, 0.29) is 21.3 Å². The molecule has 3 aromatic rings. The van der Waals surface area contributed by atoms with Crippen molar-refractivity contribution >= 4 is 35.2 Å². The lowest BCUT2D eigenvalue weighted by atomic mass is 9.78. The summed E-state index contributed by atoms with van der Waals surface area (Å²) in [6.07, 6.45) is -4.13. The third kappa shape index (κ3) is 7.41. The average molecular weight is 645 g/mol. The number of ether oxygens (including phenoxy) is 1. The fraction of sp³-hybridized carbons (Fsp3) is 0.344. The summed E-state index contributed by atoms with van der Waals surface area (Å²) in [6.45, 7) is 3.47. The highest BCUT2D eigenvalue weighted by Crippen LogP contribution is 2.40. The Labute approximate surface area is 263 Å². The van der Waals surface area contributed by atoms with Crippen LogP contribution in [0.25, 0.3) is 0 Å². The van der Waals surface area contributed by atoms with E-state index in [1.807, 2.05) is 18.2 Å². The normalized spacial score (nSPS) is 17.6. The molecule has 1 atom stereocenters. The fourth-order valence-electron chi connectivity index (χ4n) is 5.84. The Morgan fingerprint density at radius 2 is 1.44 bits per heavy atom. The first-order valence-electron chi connectivity index (χ1n) is 14.5. The molecule has 0 aliphatic carbocycles. The van der Waals surface area contributed by atoms with Crippen molar-refractivity contribution in [1.29, 1.82) is 0 Å². The maximum absolute atomic E-state index is 14.1. The quantitative estimate of drug-likeness (QED) is 0.358. The standard InChI is InChI=1S/C32H32ClF3N4O5/c33-25-11-13-26(14-12-25)40(45-29(42)32(34,35)36)30(43)37-27(23-7-3-1-4-8-23)28(41)38-17-15-31(16-18-38,24-9-5-2-6-10-24)39-19-21-44-22-20-39/h1-14,27H,15-22H2,(H,37,43). The summed E-state index contributed by atoms with van der Waals surface area (Å²) in [6, 6.07) is 21.0. The zero-order chi connectivity index (χ0) is 32.0. The van der Waals surface area contributed by atoms with Crippen LogP contribution in [0.3, 0.4) is 0 Å². The molecule has 0 radical (unpaired) electrons. The zero-order valence-corrected chi connectivity index (χ0v) is 25.0. The van der Waals surface area contributed by atoms with Crippen LogP contribution in [-0.4, -0.2) is 73.3 Å². The number of nitrogens with zero attached hydrogens (tertiary/aromatic N) is 3. The molecule has 5 rings (SSSR count). The first-order chi connectivity index (χ1) is 21.6. The number of morpholine rings is 1. The van der Waals surface area contributed by atoms with Crippen molar-refractivity contribution in [2.45, 2.75) is 30.6 Å². The number of hydroxylamine groups is 1. The average Bonchev–Trinajstić information content (AvgIpc) is 3.07. The number of hydrogen-bond acceptors (Lipinski definition) is 6. The number of halogens is 4. The van der Waals surface area contributed by atoms with E-state index in [0.717, 1.165) is 18.7 Å². The number of nitrogens with one attached hydrogen (secondary N) is 1. The number of benzene rings is 3. The van der Waals surface area contributed by atoms with Crippen LogP contribution in [0, 0.1) is 0 Å². The van der Waals surface area contributed by atoms with Gasteiger partial charge in [-0.3, -0.25) is 9.69 Å². The Kier molecular flexibility index (Phi) is 9.96. The second-order valence-electron chi connectivity index (χ2n) is 10.8. The molecule has 13 heteroatoms. The minimum absolute atomic E-state index is 0.171. The van der Waals surface area contributed by atoms with E-state index in [2.05, 4.69) is 27.2 Å². The van der Waals surface area contributed by atoms with Crippen LogP contribution in [0.2, 0.25) is 5.02 Å². The maximum Gasteiger partial charge on any atom is 0.493 e. The summed E-state index contributed by atoms with van der Waals surface area (Å²) in [5.74, 6) is -3.05. The van der Waals surface area contributed by atoms with Gasteiger partial charge in [-0.05, 0) is 48.2 Å². The van der Waals surface area contributed by atoms with E-state index in [9.17, 15) is 27.6 Å². The van der Waals surface area contributed by atoms with Crippen molar-refractivity contribution in [3.05, 3.63) is 101 Å². The van der Waals surface area contributed by atoms with Crippen molar-refractivity contribution < 1.29 is 37.1 Å². The van der Waals surface area contributed by atoms with Gasteiger partial charge in [-0.2, -0.15) is 13.2 Å². The summed E-state index contributed by atoms with van der Waals surface area (Å²) in [7, 11) is 0. The number of carbonyl (C=O) groups excluding carboxylic acids is 3. The Bertz CT molecular complexity index is 1460. The molecule has 2 fully saturated rings. The lowest BCUT2D eigenvalue weighted by Gasteiger charge is -2.50. The SMILES string of the molecule is O=C(C(NC(=O)N(OC(=O)C(F)(F)F)c1ccc(Cl)cc1)c1ccccc1)N1CCC(c2ccccc2)(N2CCOCC2)CC1. The molecule has 0 aromatic heterocycles. The van der Waals surface area contributed by atoms with E-state index in [1.165, 1.54) is 24.3 Å². The van der Waals surface area contributed by atoms with Gasteiger partial charge in [-0.1, -0.05) is 72.3 Å². The molecule has 0 saturated carbocycles. The van der Waals surface area contributed by atoms with Gasteiger partial charge in [-0.15, -0.1) is 5.06 Å².